The number of aromatic nitrogens is 6. The van der Waals surface area contributed by atoms with Gasteiger partial charge < -0.3 is 10.3 Å². The summed E-state index contributed by atoms with van der Waals surface area (Å²) in [5, 5.41) is 15.2. The lowest BCUT2D eigenvalue weighted by Crippen LogP contribution is -2.22. The minimum Gasteiger partial charge on any atom is -0.359 e. The highest BCUT2D eigenvalue weighted by atomic mass is 35.5. The predicted octanol–water partition coefficient (Wildman–Crippen LogP) is 1.79. The predicted molar refractivity (Wildman–Crippen MR) is 85.7 cm³/mol. The van der Waals surface area contributed by atoms with E-state index in [4.69, 9.17) is 11.6 Å². The number of hydrogen-bond donors (Lipinski definition) is 3. The molecule has 3 aromatic heterocycles. The minimum absolute atomic E-state index is 0.0137. The largest absolute Gasteiger partial charge is 0.359 e. The van der Waals surface area contributed by atoms with Crippen molar-refractivity contribution in [3.63, 3.8) is 0 Å². The van der Waals surface area contributed by atoms with Gasteiger partial charge in [0, 0.05) is 5.92 Å². The smallest absolute Gasteiger partial charge is 0.245 e. The number of halogens is 1. The van der Waals surface area contributed by atoms with Crippen LogP contribution in [0.3, 0.4) is 0 Å². The quantitative estimate of drug-likeness (QED) is 0.599. The molecule has 0 aromatic carbocycles. The Labute approximate surface area is 138 Å². The number of nitrogens with zero attached hydrogens (tertiary/aromatic N) is 5. The number of amides is 1. The summed E-state index contributed by atoms with van der Waals surface area (Å²) in [6.07, 6.45) is 3.79. The van der Waals surface area contributed by atoms with E-state index in [1.807, 2.05) is 0 Å². The summed E-state index contributed by atoms with van der Waals surface area (Å²) in [5.41, 5.74) is 1.03. The van der Waals surface area contributed by atoms with Gasteiger partial charge in [0.15, 0.2) is 11.5 Å². The monoisotopic (exact) mass is 350 g/mol. The third-order valence-corrected chi connectivity index (χ3v) is 4.46. The molecule has 1 saturated carbocycles. The minimum atomic E-state index is -0.245. The maximum atomic E-state index is 12.0. The summed E-state index contributed by atoms with van der Waals surface area (Å²) in [6, 6.07) is 0. The lowest BCUT2D eigenvalue weighted by molar-refractivity contribution is -0.114. The summed E-state index contributed by atoms with van der Waals surface area (Å²) in [7, 11) is 0. The van der Waals surface area contributed by atoms with Crippen molar-refractivity contribution in [2.24, 2.45) is 0 Å². The van der Waals surface area contributed by atoms with Crippen LogP contribution in [0.25, 0.3) is 11.2 Å². The zero-order valence-electron chi connectivity index (χ0n) is 11.7. The molecule has 23 heavy (non-hydrogen) atoms. The van der Waals surface area contributed by atoms with Gasteiger partial charge in [-0.2, -0.15) is 9.97 Å². The Balaban J connectivity index is 1.41. The standard InChI is InChI=1S/C12H11ClN8OS/c13-11-18-8(7-9(19-11)16-4-15-7)14-3-6(22)17-12-21-20-10(23-12)5-1-2-5/h4-5H,1-3H2,(H,17,21,22)(H2,14,15,16,18,19). The van der Waals surface area contributed by atoms with Crippen molar-refractivity contribution in [1.82, 2.24) is 30.1 Å². The van der Waals surface area contributed by atoms with Crippen molar-refractivity contribution in [2.45, 2.75) is 18.8 Å². The van der Waals surface area contributed by atoms with E-state index >= 15 is 0 Å². The first kappa shape index (κ1) is 14.3. The number of carbonyl (C=O) groups is 1. The Bertz CT molecular complexity index is 873. The average Bonchev–Trinajstić information content (AvgIpc) is 3.08. The molecule has 0 bridgehead atoms. The fourth-order valence-corrected chi connectivity index (χ4v) is 3.14. The topological polar surface area (TPSA) is 121 Å². The molecule has 0 atom stereocenters. The molecule has 0 aliphatic heterocycles. The maximum Gasteiger partial charge on any atom is 0.245 e. The first-order valence-corrected chi connectivity index (χ1v) is 8.12. The van der Waals surface area contributed by atoms with E-state index in [9.17, 15) is 4.79 Å². The maximum absolute atomic E-state index is 12.0. The van der Waals surface area contributed by atoms with Crippen molar-refractivity contribution in [1.29, 1.82) is 0 Å². The highest BCUT2D eigenvalue weighted by Crippen LogP contribution is 2.41. The molecule has 3 heterocycles. The summed E-state index contributed by atoms with van der Waals surface area (Å²) >= 11 is 7.25. The number of imidazole rings is 1. The molecule has 1 aliphatic carbocycles. The molecule has 0 unspecified atom stereocenters. The van der Waals surface area contributed by atoms with Crippen LogP contribution in [0.2, 0.25) is 5.28 Å². The zero-order chi connectivity index (χ0) is 15.8. The Kier molecular flexibility index (Phi) is 3.54. The number of rotatable bonds is 5. The van der Waals surface area contributed by atoms with Crippen molar-refractivity contribution >= 4 is 51.0 Å². The Hall–Kier alpha value is -2.33. The van der Waals surface area contributed by atoms with Crippen LogP contribution in [0.1, 0.15) is 23.8 Å². The SMILES string of the molecule is O=C(CNc1nc(Cl)nc2nc[nH]c12)Nc1nnc(C2CC2)s1. The molecule has 9 nitrogen and oxygen atoms in total. The van der Waals surface area contributed by atoms with Crippen molar-refractivity contribution in [2.75, 3.05) is 17.2 Å². The molecular formula is C12H11ClN8OS. The lowest BCUT2D eigenvalue weighted by atomic mass is 10.4. The van der Waals surface area contributed by atoms with Gasteiger partial charge >= 0.3 is 0 Å². The van der Waals surface area contributed by atoms with Gasteiger partial charge in [-0.3, -0.25) is 10.1 Å². The summed E-state index contributed by atoms with van der Waals surface area (Å²) in [6.45, 7) is 0.0137. The Morgan fingerprint density at radius 2 is 2.26 bits per heavy atom. The number of H-pyrrole nitrogens is 1. The third kappa shape index (κ3) is 3.08. The van der Waals surface area contributed by atoms with Gasteiger partial charge in [0.1, 0.15) is 10.5 Å². The molecule has 0 saturated heterocycles. The van der Waals surface area contributed by atoms with Crippen LogP contribution in [-0.2, 0) is 4.79 Å². The molecule has 3 aromatic rings. The Morgan fingerprint density at radius 3 is 3.09 bits per heavy atom. The molecule has 0 spiro atoms. The van der Waals surface area contributed by atoms with Crippen molar-refractivity contribution in [3.05, 3.63) is 16.6 Å². The first-order chi connectivity index (χ1) is 11.2. The fourth-order valence-electron chi connectivity index (χ4n) is 2.04. The van der Waals surface area contributed by atoms with E-state index in [2.05, 4.69) is 40.8 Å². The lowest BCUT2D eigenvalue weighted by Gasteiger charge is -2.06. The summed E-state index contributed by atoms with van der Waals surface area (Å²) < 4.78 is 0. The van der Waals surface area contributed by atoms with Gasteiger partial charge in [0.2, 0.25) is 16.3 Å². The number of anilines is 2. The zero-order valence-corrected chi connectivity index (χ0v) is 13.3. The number of carbonyl (C=O) groups excluding carboxylic acids is 1. The van der Waals surface area contributed by atoms with Crippen LogP contribution in [0.5, 0.6) is 0 Å². The number of aromatic amines is 1. The molecule has 1 aliphatic rings. The van der Waals surface area contributed by atoms with Gasteiger partial charge in [-0.15, -0.1) is 10.2 Å². The van der Waals surface area contributed by atoms with E-state index in [1.54, 1.807) is 0 Å². The van der Waals surface area contributed by atoms with E-state index < -0.39 is 0 Å². The van der Waals surface area contributed by atoms with Gasteiger partial charge in [-0.25, -0.2) is 4.98 Å². The number of hydrogen-bond acceptors (Lipinski definition) is 8. The second-order valence-corrected chi connectivity index (χ2v) is 6.41. The highest BCUT2D eigenvalue weighted by molar-refractivity contribution is 7.15. The van der Waals surface area contributed by atoms with Gasteiger partial charge in [0.05, 0.1) is 12.9 Å². The Morgan fingerprint density at radius 1 is 1.39 bits per heavy atom. The molecule has 118 valence electrons. The van der Waals surface area contributed by atoms with Crippen LogP contribution in [0.15, 0.2) is 6.33 Å². The molecule has 4 rings (SSSR count). The summed E-state index contributed by atoms with van der Waals surface area (Å²) in [5.74, 6) is 0.697. The van der Waals surface area contributed by atoms with Gasteiger partial charge in [-0.1, -0.05) is 11.3 Å². The number of nitrogens with one attached hydrogen (secondary N) is 3. The normalized spacial score (nSPS) is 14.1. The first-order valence-electron chi connectivity index (χ1n) is 6.93. The van der Waals surface area contributed by atoms with E-state index in [-0.39, 0.29) is 17.7 Å². The molecule has 1 fully saturated rings. The van der Waals surface area contributed by atoms with E-state index in [0.29, 0.717) is 28.0 Å². The van der Waals surface area contributed by atoms with Crippen molar-refractivity contribution in [3.8, 4) is 0 Å². The van der Waals surface area contributed by atoms with Crippen LogP contribution < -0.4 is 10.6 Å². The van der Waals surface area contributed by atoms with Crippen LogP contribution in [0.4, 0.5) is 10.9 Å². The average molecular weight is 351 g/mol. The van der Waals surface area contributed by atoms with Gasteiger partial charge in [0.25, 0.3) is 0 Å². The fraction of sp³-hybridized carbons (Fsp3) is 0.333. The third-order valence-electron chi connectivity index (χ3n) is 3.29. The van der Waals surface area contributed by atoms with Crippen LogP contribution in [-0.4, -0.2) is 42.6 Å². The van der Waals surface area contributed by atoms with Crippen molar-refractivity contribution < 1.29 is 4.79 Å². The molecule has 1 amide bonds. The van der Waals surface area contributed by atoms with Crippen LogP contribution in [0, 0.1) is 0 Å². The molecular weight excluding hydrogens is 340 g/mol. The summed E-state index contributed by atoms with van der Waals surface area (Å²) in [4.78, 5) is 26.9. The van der Waals surface area contributed by atoms with Crippen LogP contribution >= 0.6 is 22.9 Å². The molecule has 11 heteroatoms. The van der Waals surface area contributed by atoms with E-state index in [1.165, 1.54) is 17.7 Å². The second-order valence-electron chi connectivity index (χ2n) is 5.06. The highest BCUT2D eigenvalue weighted by Gasteiger charge is 2.27. The molecule has 3 N–H and O–H groups in total. The van der Waals surface area contributed by atoms with Gasteiger partial charge in [-0.05, 0) is 24.4 Å². The second kappa shape index (κ2) is 5.70. The van der Waals surface area contributed by atoms with E-state index in [0.717, 1.165) is 17.8 Å². The number of fused-ring (bicyclic) bond motifs is 1. The molecule has 0 radical (unpaired) electrons.